The Kier molecular flexibility index (Phi) is 4.88. The smallest absolute Gasteiger partial charge is 0.313 e. The first-order valence-electron chi connectivity index (χ1n) is 10.7. The zero-order valence-electron chi connectivity index (χ0n) is 17.5. The molecule has 3 fully saturated rings. The molecule has 0 radical (unpaired) electrons. The van der Waals surface area contributed by atoms with Gasteiger partial charge in [0.1, 0.15) is 5.82 Å². The lowest BCUT2D eigenvalue weighted by Crippen LogP contribution is -2.58. The van der Waals surface area contributed by atoms with E-state index in [4.69, 9.17) is 4.42 Å². The summed E-state index contributed by atoms with van der Waals surface area (Å²) >= 11 is 0. The number of carbonyl (C=O) groups is 2. The number of anilines is 2. The maximum absolute atomic E-state index is 12.4. The maximum atomic E-state index is 12.4. The topological polar surface area (TPSA) is 125 Å². The standard InChI is InChI=1S/C21H26N6O4/c1-13-24-25-19(31-13)18(29)23-15-2-3-17(22-10-15)26-6-4-21(5-7-26)8-14(9-21)20(30)27-11-16(28)12-27/h2-3,10,14,16,28H,4-9,11-12H2,1H3,(H,23,29). The van der Waals surface area contributed by atoms with E-state index in [0.29, 0.717) is 24.7 Å². The Labute approximate surface area is 179 Å². The number of piperidine rings is 1. The van der Waals surface area contributed by atoms with E-state index in [1.807, 2.05) is 12.1 Å². The molecule has 0 aromatic carbocycles. The van der Waals surface area contributed by atoms with Crippen LogP contribution >= 0.6 is 0 Å². The molecule has 2 saturated heterocycles. The minimum atomic E-state index is -0.461. The summed E-state index contributed by atoms with van der Waals surface area (Å²) in [5.74, 6) is 1.02. The molecule has 0 bridgehead atoms. The summed E-state index contributed by atoms with van der Waals surface area (Å²) in [4.78, 5) is 33.0. The summed E-state index contributed by atoms with van der Waals surface area (Å²) in [7, 11) is 0. The van der Waals surface area contributed by atoms with Gasteiger partial charge in [-0.05, 0) is 43.2 Å². The highest BCUT2D eigenvalue weighted by Crippen LogP contribution is 2.53. The summed E-state index contributed by atoms with van der Waals surface area (Å²) in [5, 5.41) is 19.5. The van der Waals surface area contributed by atoms with Crippen molar-refractivity contribution in [3.05, 3.63) is 30.1 Å². The highest BCUT2D eigenvalue weighted by Gasteiger charge is 2.50. The molecule has 2 aromatic rings. The molecule has 1 saturated carbocycles. The molecular formula is C21H26N6O4. The van der Waals surface area contributed by atoms with E-state index in [9.17, 15) is 14.7 Å². The number of hydrogen-bond acceptors (Lipinski definition) is 8. The minimum Gasteiger partial charge on any atom is -0.417 e. The Hall–Kier alpha value is -3.01. The van der Waals surface area contributed by atoms with Gasteiger partial charge in [0, 0.05) is 39.0 Å². The molecule has 4 heterocycles. The van der Waals surface area contributed by atoms with Crippen LogP contribution in [0.1, 0.15) is 42.3 Å². The molecular weight excluding hydrogens is 400 g/mol. The summed E-state index contributed by atoms with van der Waals surface area (Å²) in [6.07, 6.45) is 5.31. The van der Waals surface area contributed by atoms with E-state index in [2.05, 4.69) is 25.4 Å². The number of aromatic nitrogens is 3. The van der Waals surface area contributed by atoms with Crippen LogP contribution < -0.4 is 10.2 Å². The van der Waals surface area contributed by atoms with E-state index < -0.39 is 5.91 Å². The van der Waals surface area contributed by atoms with Gasteiger partial charge in [0.05, 0.1) is 18.0 Å². The number of likely N-dealkylation sites (tertiary alicyclic amines) is 1. The average Bonchev–Trinajstić information content (AvgIpc) is 3.16. The number of hydrogen-bond donors (Lipinski definition) is 2. The molecule has 164 valence electrons. The second kappa shape index (κ2) is 7.60. The highest BCUT2D eigenvalue weighted by atomic mass is 16.4. The molecule has 2 aliphatic heterocycles. The molecule has 31 heavy (non-hydrogen) atoms. The van der Waals surface area contributed by atoms with E-state index in [-0.39, 0.29) is 29.2 Å². The lowest BCUT2D eigenvalue weighted by Gasteiger charge is -2.53. The predicted octanol–water partition coefficient (Wildman–Crippen LogP) is 1.23. The fraction of sp³-hybridized carbons (Fsp3) is 0.571. The fourth-order valence-corrected chi connectivity index (χ4v) is 4.89. The van der Waals surface area contributed by atoms with Gasteiger partial charge in [0.25, 0.3) is 0 Å². The van der Waals surface area contributed by atoms with Crippen molar-refractivity contribution in [2.45, 2.75) is 38.7 Å². The summed E-state index contributed by atoms with van der Waals surface area (Å²) in [6.45, 7) is 4.42. The maximum Gasteiger partial charge on any atom is 0.313 e. The quantitative estimate of drug-likeness (QED) is 0.748. The van der Waals surface area contributed by atoms with Gasteiger partial charge in [-0.2, -0.15) is 0 Å². The molecule has 2 aromatic heterocycles. The van der Waals surface area contributed by atoms with Crippen LogP contribution in [0.3, 0.4) is 0 Å². The molecule has 10 heteroatoms. The minimum absolute atomic E-state index is 0.0783. The van der Waals surface area contributed by atoms with Gasteiger partial charge in [-0.1, -0.05) is 0 Å². The number of carbonyl (C=O) groups excluding carboxylic acids is 2. The molecule has 1 spiro atoms. The molecule has 5 rings (SSSR count). The number of pyridine rings is 1. The van der Waals surface area contributed by atoms with Crippen molar-refractivity contribution < 1.29 is 19.1 Å². The summed E-state index contributed by atoms with van der Waals surface area (Å²) < 4.78 is 5.12. The third-order valence-corrected chi connectivity index (χ3v) is 6.76. The first-order chi connectivity index (χ1) is 14.9. The van der Waals surface area contributed by atoms with Crippen LogP contribution in [0.4, 0.5) is 11.5 Å². The Morgan fingerprint density at radius 3 is 2.52 bits per heavy atom. The van der Waals surface area contributed by atoms with E-state index in [0.717, 1.165) is 44.6 Å². The number of nitrogens with one attached hydrogen (secondary N) is 1. The fourth-order valence-electron chi connectivity index (χ4n) is 4.89. The van der Waals surface area contributed by atoms with Crippen molar-refractivity contribution in [2.75, 3.05) is 36.4 Å². The molecule has 2 amide bonds. The van der Waals surface area contributed by atoms with Crippen molar-refractivity contribution >= 4 is 23.3 Å². The van der Waals surface area contributed by atoms with Crippen molar-refractivity contribution in [3.63, 3.8) is 0 Å². The Balaban J connectivity index is 1.11. The van der Waals surface area contributed by atoms with Gasteiger partial charge >= 0.3 is 11.8 Å². The van der Waals surface area contributed by atoms with Crippen LogP contribution in [-0.2, 0) is 4.79 Å². The van der Waals surface area contributed by atoms with Crippen LogP contribution in [0.15, 0.2) is 22.7 Å². The third-order valence-electron chi connectivity index (χ3n) is 6.76. The van der Waals surface area contributed by atoms with Crippen molar-refractivity contribution in [3.8, 4) is 0 Å². The van der Waals surface area contributed by atoms with Crippen LogP contribution in [0, 0.1) is 18.3 Å². The largest absolute Gasteiger partial charge is 0.417 e. The average molecular weight is 426 g/mol. The molecule has 1 aliphatic carbocycles. The number of nitrogens with zero attached hydrogens (tertiary/aromatic N) is 5. The normalized spacial score (nSPS) is 21.0. The van der Waals surface area contributed by atoms with Crippen molar-refractivity contribution in [1.82, 2.24) is 20.1 Å². The Bertz CT molecular complexity index is 968. The second-order valence-electron chi connectivity index (χ2n) is 8.97. The van der Waals surface area contributed by atoms with Gasteiger partial charge in [0.15, 0.2) is 0 Å². The van der Waals surface area contributed by atoms with Crippen molar-refractivity contribution in [1.29, 1.82) is 0 Å². The molecule has 10 nitrogen and oxygen atoms in total. The zero-order valence-corrected chi connectivity index (χ0v) is 17.5. The first kappa shape index (κ1) is 19.9. The van der Waals surface area contributed by atoms with Gasteiger partial charge in [-0.25, -0.2) is 4.98 Å². The van der Waals surface area contributed by atoms with Gasteiger partial charge in [0.2, 0.25) is 11.8 Å². The van der Waals surface area contributed by atoms with Crippen LogP contribution in [0.5, 0.6) is 0 Å². The van der Waals surface area contributed by atoms with Crippen LogP contribution in [0.2, 0.25) is 0 Å². The van der Waals surface area contributed by atoms with Crippen LogP contribution in [0.25, 0.3) is 0 Å². The Morgan fingerprint density at radius 2 is 1.94 bits per heavy atom. The lowest BCUT2D eigenvalue weighted by molar-refractivity contribution is -0.154. The third kappa shape index (κ3) is 3.87. The van der Waals surface area contributed by atoms with Crippen LogP contribution in [-0.4, -0.2) is 69.3 Å². The number of aliphatic hydroxyl groups excluding tert-OH is 1. The van der Waals surface area contributed by atoms with E-state index >= 15 is 0 Å². The molecule has 3 aliphatic rings. The second-order valence-corrected chi connectivity index (χ2v) is 8.97. The van der Waals surface area contributed by atoms with E-state index in [1.54, 1.807) is 18.0 Å². The summed E-state index contributed by atoms with van der Waals surface area (Å²) in [5.41, 5.74) is 0.839. The zero-order chi connectivity index (χ0) is 21.6. The van der Waals surface area contributed by atoms with Gasteiger partial charge < -0.3 is 24.6 Å². The molecule has 0 atom stereocenters. The van der Waals surface area contributed by atoms with Gasteiger partial charge in [-0.15, -0.1) is 10.2 Å². The monoisotopic (exact) mass is 426 g/mol. The van der Waals surface area contributed by atoms with Gasteiger partial charge in [-0.3, -0.25) is 9.59 Å². The number of amides is 2. The highest BCUT2D eigenvalue weighted by molar-refractivity contribution is 6.00. The molecule has 0 unspecified atom stereocenters. The first-order valence-corrected chi connectivity index (χ1v) is 10.7. The Morgan fingerprint density at radius 1 is 1.19 bits per heavy atom. The number of β-amino-alcohol motifs (C(OH)–C–C–N with tert-alkyl or cyclic N) is 1. The predicted molar refractivity (Wildman–Crippen MR) is 110 cm³/mol. The summed E-state index contributed by atoms with van der Waals surface area (Å²) in [6, 6.07) is 3.71. The van der Waals surface area contributed by atoms with E-state index in [1.165, 1.54) is 0 Å². The number of aliphatic hydroxyl groups is 1. The SMILES string of the molecule is Cc1nnc(C(=O)Nc2ccc(N3CCC4(CC3)CC(C(=O)N3CC(O)C3)C4)nc2)o1. The molecule has 2 N–H and O–H groups in total. The van der Waals surface area contributed by atoms with Crippen molar-refractivity contribution in [2.24, 2.45) is 11.3 Å². The number of aryl methyl sites for hydroxylation is 1. The lowest BCUT2D eigenvalue weighted by atomic mass is 9.57. The number of rotatable bonds is 4.